The van der Waals surface area contributed by atoms with Crippen LogP contribution in [0.3, 0.4) is 0 Å². The third-order valence-corrected chi connectivity index (χ3v) is 7.44. The van der Waals surface area contributed by atoms with Crippen LogP contribution in [0.2, 0.25) is 0 Å². The zero-order chi connectivity index (χ0) is 20.8. The molecule has 2 N–H and O–H groups in total. The van der Waals surface area contributed by atoms with Gasteiger partial charge in [0.05, 0.1) is 11.0 Å². The largest absolute Gasteiger partial charge is 0.356 e. The topological polar surface area (TPSA) is 52.6 Å². The summed E-state index contributed by atoms with van der Waals surface area (Å²) in [5.74, 6) is 0.845. The van der Waals surface area contributed by atoms with Crippen molar-refractivity contribution in [1.29, 1.82) is 0 Å². The lowest BCUT2D eigenvalue weighted by atomic mass is 10.0. The van der Waals surface area contributed by atoms with E-state index >= 15 is 0 Å². The van der Waals surface area contributed by atoms with Crippen molar-refractivity contribution in [3.05, 3.63) is 73.9 Å². The number of thiazole rings is 1. The summed E-state index contributed by atoms with van der Waals surface area (Å²) in [7, 11) is 1.83. The minimum atomic E-state index is 0.305. The maximum absolute atomic E-state index is 4.44. The second-order valence-electron chi connectivity index (χ2n) is 7.51. The van der Waals surface area contributed by atoms with Crippen molar-refractivity contribution in [2.24, 2.45) is 4.99 Å². The Kier molecular flexibility index (Phi) is 7.15. The van der Waals surface area contributed by atoms with Crippen LogP contribution in [0.5, 0.6) is 0 Å². The maximum atomic E-state index is 4.44. The third-order valence-electron chi connectivity index (χ3n) is 5.45. The van der Waals surface area contributed by atoms with E-state index in [9.17, 15) is 0 Å². The van der Waals surface area contributed by atoms with Crippen LogP contribution < -0.4 is 10.6 Å². The van der Waals surface area contributed by atoms with Gasteiger partial charge in [-0.3, -0.25) is 9.89 Å². The van der Waals surface area contributed by atoms with Crippen LogP contribution in [0.25, 0.3) is 0 Å². The summed E-state index contributed by atoms with van der Waals surface area (Å²) < 4.78 is 0. The highest BCUT2D eigenvalue weighted by atomic mass is 32.1. The number of hydrogen-bond acceptors (Lipinski definition) is 5. The van der Waals surface area contributed by atoms with Crippen molar-refractivity contribution in [3.63, 3.8) is 0 Å². The van der Waals surface area contributed by atoms with E-state index in [0.717, 1.165) is 50.0 Å². The zero-order valence-electron chi connectivity index (χ0n) is 17.6. The van der Waals surface area contributed by atoms with Crippen LogP contribution >= 0.6 is 22.7 Å². The summed E-state index contributed by atoms with van der Waals surface area (Å²) in [5, 5.41) is 10.4. The Morgan fingerprint density at radius 1 is 1.23 bits per heavy atom. The molecule has 4 rings (SSSR count). The lowest BCUT2D eigenvalue weighted by Crippen LogP contribution is -2.44. The molecule has 0 saturated heterocycles. The fourth-order valence-electron chi connectivity index (χ4n) is 3.89. The second kappa shape index (κ2) is 10.2. The summed E-state index contributed by atoms with van der Waals surface area (Å²) in [6.07, 6.45) is 3.99. The molecule has 0 aliphatic carbocycles. The molecule has 3 aromatic rings. The highest BCUT2D eigenvalue weighted by molar-refractivity contribution is 7.11. The molecule has 0 radical (unpaired) electrons. The highest BCUT2D eigenvalue weighted by Crippen LogP contribution is 2.30. The van der Waals surface area contributed by atoms with Gasteiger partial charge in [-0.05, 0) is 35.9 Å². The molecule has 1 unspecified atom stereocenters. The van der Waals surface area contributed by atoms with Gasteiger partial charge in [0.2, 0.25) is 0 Å². The van der Waals surface area contributed by atoms with Gasteiger partial charge in [0.25, 0.3) is 0 Å². The van der Waals surface area contributed by atoms with Gasteiger partial charge in [-0.15, -0.1) is 22.7 Å². The Hall–Kier alpha value is -2.22. The average Bonchev–Trinajstić information content (AvgIpc) is 3.41. The SMILES string of the molecule is CN=C(NCCc1ncc(C)s1)NCC(c1ccccc1)N1CCc2sccc2C1. The van der Waals surface area contributed by atoms with E-state index in [1.54, 1.807) is 16.2 Å². The van der Waals surface area contributed by atoms with Crippen LogP contribution in [-0.4, -0.2) is 42.5 Å². The number of nitrogens with zero attached hydrogens (tertiary/aromatic N) is 3. The molecule has 1 aromatic carbocycles. The molecule has 0 saturated carbocycles. The van der Waals surface area contributed by atoms with Gasteiger partial charge in [-0.2, -0.15) is 0 Å². The first-order chi connectivity index (χ1) is 14.7. The number of guanidine groups is 1. The van der Waals surface area contributed by atoms with E-state index in [2.05, 4.69) is 74.2 Å². The standard InChI is InChI=1S/C23H29N5S2/c1-17-14-26-22(30-17)8-11-25-23(24-2)27-15-20(18-6-4-3-5-7-18)28-12-9-21-19(16-28)10-13-29-21/h3-7,10,13-14,20H,8-9,11-12,15-16H2,1-2H3,(H2,24,25,27). The zero-order valence-corrected chi connectivity index (χ0v) is 19.2. The fourth-order valence-corrected chi connectivity index (χ4v) is 5.56. The quantitative estimate of drug-likeness (QED) is 0.431. The van der Waals surface area contributed by atoms with Crippen molar-refractivity contribution < 1.29 is 0 Å². The van der Waals surface area contributed by atoms with Gasteiger partial charge >= 0.3 is 0 Å². The van der Waals surface area contributed by atoms with Crippen molar-refractivity contribution in [2.45, 2.75) is 32.4 Å². The Morgan fingerprint density at radius 3 is 2.87 bits per heavy atom. The second-order valence-corrected chi connectivity index (χ2v) is 9.83. The Morgan fingerprint density at radius 2 is 2.10 bits per heavy atom. The van der Waals surface area contributed by atoms with E-state index in [4.69, 9.17) is 0 Å². The molecule has 0 spiro atoms. The summed E-state index contributed by atoms with van der Waals surface area (Å²) in [5.41, 5.74) is 2.82. The monoisotopic (exact) mass is 439 g/mol. The summed E-state index contributed by atoms with van der Waals surface area (Å²) in [6, 6.07) is 13.4. The number of aryl methyl sites for hydroxylation is 1. The molecule has 1 aliphatic heterocycles. The van der Waals surface area contributed by atoms with E-state index in [0.29, 0.717) is 6.04 Å². The summed E-state index contributed by atoms with van der Waals surface area (Å²) >= 11 is 3.65. The van der Waals surface area contributed by atoms with Crippen molar-refractivity contribution in [3.8, 4) is 0 Å². The lowest BCUT2D eigenvalue weighted by molar-refractivity contribution is 0.181. The van der Waals surface area contributed by atoms with Gasteiger partial charge in [0.1, 0.15) is 0 Å². The molecule has 0 fully saturated rings. The van der Waals surface area contributed by atoms with Crippen molar-refractivity contribution >= 4 is 28.6 Å². The Balaban J connectivity index is 1.37. The first-order valence-corrected chi connectivity index (χ1v) is 12.1. The Bertz CT molecular complexity index is 963. The first kappa shape index (κ1) is 21.0. The molecule has 7 heteroatoms. The molecule has 30 heavy (non-hydrogen) atoms. The van der Waals surface area contributed by atoms with Gasteiger partial charge in [-0.1, -0.05) is 30.3 Å². The number of aromatic nitrogens is 1. The lowest BCUT2D eigenvalue weighted by Gasteiger charge is -2.35. The maximum Gasteiger partial charge on any atom is 0.191 e. The molecule has 1 aliphatic rings. The van der Waals surface area contributed by atoms with Gasteiger partial charge in [0, 0.05) is 55.6 Å². The van der Waals surface area contributed by atoms with Crippen LogP contribution in [-0.2, 0) is 19.4 Å². The average molecular weight is 440 g/mol. The fraction of sp³-hybridized carbons (Fsp3) is 0.391. The normalized spacial score (nSPS) is 15.6. The number of nitrogens with one attached hydrogen (secondary N) is 2. The minimum Gasteiger partial charge on any atom is -0.356 e. The molecule has 3 heterocycles. The van der Waals surface area contributed by atoms with E-state index in [1.165, 1.54) is 16.0 Å². The summed E-state index contributed by atoms with van der Waals surface area (Å²) in [6.45, 7) is 5.84. The van der Waals surface area contributed by atoms with Crippen molar-refractivity contribution in [1.82, 2.24) is 20.5 Å². The van der Waals surface area contributed by atoms with Gasteiger partial charge in [-0.25, -0.2) is 4.98 Å². The number of rotatable bonds is 7. The Labute approximate surface area is 186 Å². The van der Waals surface area contributed by atoms with E-state index in [1.807, 2.05) is 24.6 Å². The van der Waals surface area contributed by atoms with Crippen LogP contribution in [0.1, 0.15) is 31.9 Å². The molecule has 1 atom stereocenters. The number of fused-ring (bicyclic) bond motifs is 1. The van der Waals surface area contributed by atoms with Crippen LogP contribution in [0, 0.1) is 6.92 Å². The van der Waals surface area contributed by atoms with Crippen LogP contribution in [0.4, 0.5) is 0 Å². The third kappa shape index (κ3) is 5.28. The number of aliphatic imine (C=N–C) groups is 1. The molecular weight excluding hydrogens is 410 g/mol. The predicted molar refractivity (Wildman–Crippen MR) is 128 cm³/mol. The number of thiophene rings is 1. The number of benzene rings is 1. The molecule has 5 nitrogen and oxygen atoms in total. The van der Waals surface area contributed by atoms with Crippen LogP contribution in [0.15, 0.2) is 53.0 Å². The molecular formula is C23H29N5S2. The molecule has 2 aromatic heterocycles. The van der Waals surface area contributed by atoms with Crippen molar-refractivity contribution in [2.75, 3.05) is 26.7 Å². The van der Waals surface area contributed by atoms with E-state index < -0.39 is 0 Å². The summed E-state index contributed by atoms with van der Waals surface area (Å²) in [4.78, 5) is 14.3. The smallest absolute Gasteiger partial charge is 0.191 e. The highest BCUT2D eigenvalue weighted by Gasteiger charge is 2.25. The minimum absolute atomic E-state index is 0.305. The molecule has 0 amide bonds. The van der Waals surface area contributed by atoms with Gasteiger partial charge in [0.15, 0.2) is 5.96 Å². The van der Waals surface area contributed by atoms with E-state index in [-0.39, 0.29) is 0 Å². The molecule has 158 valence electrons. The first-order valence-electron chi connectivity index (χ1n) is 10.4. The molecule has 0 bridgehead atoms. The number of hydrogen-bond donors (Lipinski definition) is 2. The van der Waals surface area contributed by atoms with Gasteiger partial charge < -0.3 is 10.6 Å². The predicted octanol–water partition coefficient (Wildman–Crippen LogP) is 4.02.